The largest absolute Gasteiger partial charge is 0.461 e. The molecule has 0 aromatic heterocycles. The molecule has 0 aromatic rings. The Balaban J connectivity index is 2.55. The molecule has 8 atom stereocenters. The van der Waals surface area contributed by atoms with Crippen LogP contribution >= 0.6 is 0 Å². The van der Waals surface area contributed by atoms with Crippen LogP contribution < -0.4 is 5.32 Å². The molecule has 8 heteroatoms. The minimum absolute atomic E-state index is 0.105. The van der Waals surface area contributed by atoms with Gasteiger partial charge in [0.1, 0.15) is 17.6 Å². The van der Waals surface area contributed by atoms with Crippen molar-refractivity contribution in [1.29, 1.82) is 0 Å². The van der Waals surface area contributed by atoms with Gasteiger partial charge in [-0.25, -0.2) is 0 Å². The van der Waals surface area contributed by atoms with Gasteiger partial charge in [0, 0.05) is 12.3 Å². The van der Waals surface area contributed by atoms with Crippen molar-refractivity contribution in [3.05, 3.63) is 47.6 Å². The number of rotatable bonds is 2. The summed E-state index contributed by atoms with van der Waals surface area (Å²) < 4.78 is 5.67. The second kappa shape index (κ2) is 11.2. The van der Waals surface area contributed by atoms with Gasteiger partial charge in [0.05, 0.1) is 24.4 Å². The molecule has 184 valence electrons. The monoisotopic (exact) mass is 463 g/mol. The summed E-state index contributed by atoms with van der Waals surface area (Å²) >= 11 is 0. The van der Waals surface area contributed by atoms with Gasteiger partial charge in [-0.15, -0.1) is 0 Å². The summed E-state index contributed by atoms with van der Waals surface area (Å²) in [6, 6.07) is -0.991. The highest BCUT2D eigenvalue weighted by Crippen LogP contribution is 2.41. The van der Waals surface area contributed by atoms with Gasteiger partial charge < -0.3 is 30.5 Å². The first-order valence-electron chi connectivity index (χ1n) is 11.3. The van der Waals surface area contributed by atoms with Gasteiger partial charge in [-0.1, -0.05) is 54.5 Å². The number of aliphatic hydroxyl groups is 4. The lowest BCUT2D eigenvalue weighted by molar-refractivity contribution is -0.199. The van der Waals surface area contributed by atoms with Gasteiger partial charge in [0.15, 0.2) is 0 Å². The van der Waals surface area contributed by atoms with Gasteiger partial charge in [0.2, 0.25) is 5.91 Å². The van der Waals surface area contributed by atoms with Crippen molar-refractivity contribution in [2.24, 2.45) is 11.3 Å². The first-order valence-corrected chi connectivity index (χ1v) is 11.3. The molecule has 2 bridgehead atoms. The normalized spacial score (nSPS) is 42.0. The number of fused-ring (bicyclic) bond motifs is 10. The molecule has 3 rings (SSSR count). The van der Waals surface area contributed by atoms with Crippen molar-refractivity contribution in [1.82, 2.24) is 5.32 Å². The first-order chi connectivity index (χ1) is 15.4. The maximum atomic E-state index is 13.2. The molecule has 8 nitrogen and oxygen atoms in total. The number of esters is 1. The Hall–Kier alpha value is -2.26. The molecule has 0 aromatic carbocycles. The number of amides is 1. The van der Waals surface area contributed by atoms with Crippen LogP contribution in [0.15, 0.2) is 47.6 Å². The minimum atomic E-state index is -1.54. The highest BCUT2D eigenvalue weighted by molar-refractivity contribution is 5.84. The molecular formula is C25H37NO7. The molecule has 1 aliphatic carbocycles. The SMILES string of the molecule is CC1=C/C(NC(=O)C(C)O)C2(C)C(=O)OC(CC(O)/C=C/C(C)=C\CC(O)/C=C\1)C(C)C2O. The quantitative estimate of drug-likeness (QED) is 0.389. The molecule has 33 heavy (non-hydrogen) atoms. The molecule has 1 saturated heterocycles. The standard InChI is InChI=1S/C25H37NO7/c1-14-6-9-18(28)10-8-15(2)12-21(26-23(31)17(4)27)25(5)22(30)16(3)20(33-24(25)32)13-19(29)11-7-14/h6-8,10-12,16-22,27-30H,9,13H2,1-5H3,(H,26,31)/b10-8-,11-7+,14-6-,15-12-. The summed E-state index contributed by atoms with van der Waals surface area (Å²) in [5, 5.41) is 44.3. The van der Waals surface area contributed by atoms with Crippen molar-refractivity contribution in [3.8, 4) is 0 Å². The maximum Gasteiger partial charge on any atom is 0.317 e. The molecule has 5 N–H and O–H groups in total. The van der Waals surface area contributed by atoms with Crippen LogP contribution in [-0.2, 0) is 14.3 Å². The van der Waals surface area contributed by atoms with Crippen LogP contribution in [0.5, 0.6) is 0 Å². The van der Waals surface area contributed by atoms with Crippen LogP contribution in [-0.4, -0.2) is 68.9 Å². The Morgan fingerprint density at radius 2 is 1.76 bits per heavy atom. The molecule has 0 saturated carbocycles. The summed E-state index contributed by atoms with van der Waals surface area (Å²) in [4.78, 5) is 25.5. The van der Waals surface area contributed by atoms with Gasteiger partial charge in [-0.2, -0.15) is 0 Å². The molecule has 0 spiro atoms. The van der Waals surface area contributed by atoms with E-state index in [1.807, 2.05) is 13.0 Å². The third-order valence-electron chi connectivity index (χ3n) is 6.47. The molecule has 0 radical (unpaired) electrons. The lowest BCUT2D eigenvalue weighted by atomic mass is 9.68. The molecule has 1 fully saturated rings. The highest BCUT2D eigenvalue weighted by Gasteiger charge is 2.56. The Kier molecular flexibility index (Phi) is 9.20. The number of hydrogen-bond acceptors (Lipinski definition) is 7. The summed E-state index contributed by atoms with van der Waals surface area (Å²) in [5.74, 6) is -1.94. The van der Waals surface area contributed by atoms with Gasteiger partial charge in [-0.05, 0) is 34.1 Å². The zero-order valence-corrected chi connectivity index (χ0v) is 19.9. The van der Waals surface area contributed by atoms with Crippen LogP contribution in [0.2, 0.25) is 0 Å². The fourth-order valence-corrected chi connectivity index (χ4v) is 4.07. The Morgan fingerprint density at radius 3 is 2.39 bits per heavy atom. The van der Waals surface area contributed by atoms with E-state index in [2.05, 4.69) is 5.32 Å². The van der Waals surface area contributed by atoms with E-state index in [0.29, 0.717) is 12.0 Å². The van der Waals surface area contributed by atoms with E-state index in [0.717, 1.165) is 5.57 Å². The van der Waals surface area contributed by atoms with Gasteiger partial charge >= 0.3 is 5.97 Å². The molecule has 1 amide bonds. The van der Waals surface area contributed by atoms with Crippen LogP contribution in [0, 0.1) is 11.3 Å². The number of hydrogen-bond donors (Lipinski definition) is 5. The topological polar surface area (TPSA) is 136 Å². The second-order valence-corrected chi connectivity index (χ2v) is 9.38. The Bertz CT molecular complexity index is 844. The number of allylic oxidation sites excluding steroid dienone is 4. The first kappa shape index (κ1) is 27.0. The van der Waals surface area contributed by atoms with E-state index < -0.39 is 59.8 Å². The fourth-order valence-electron chi connectivity index (χ4n) is 4.07. The van der Waals surface area contributed by atoms with Crippen LogP contribution in [0.1, 0.15) is 47.5 Å². The van der Waals surface area contributed by atoms with Gasteiger partial charge in [0.25, 0.3) is 0 Å². The fraction of sp³-hybridized carbons (Fsp3) is 0.600. The molecule has 8 unspecified atom stereocenters. The van der Waals surface area contributed by atoms with Crippen molar-refractivity contribution in [2.75, 3.05) is 0 Å². The van der Waals surface area contributed by atoms with Crippen molar-refractivity contribution in [2.45, 2.75) is 84.0 Å². The lowest BCUT2D eigenvalue weighted by Gasteiger charge is -2.47. The van der Waals surface area contributed by atoms with Crippen LogP contribution in [0.4, 0.5) is 0 Å². The molecule has 3 aliphatic rings. The number of nitrogens with one attached hydrogen (secondary N) is 1. The van der Waals surface area contributed by atoms with Crippen molar-refractivity contribution < 1.29 is 34.8 Å². The molecule has 2 aliphatic heterocycles. The third-order valence-corrected chi connectivity index (χ3v) is 6.47. The zero-order chi connectivity index (χ0) is 24.9. The molecular weight excluding hydrogens is 426 g/mol. The average Bonchev–Trinajstić information content (AvgIpc) is 2.75. The summed E-state index contributed by atoms with van der Waals surface area (Å²) in [6.45, 7) is 8.15. The van der Waals surface area contributed by atoms with Crippen LogP contribution in [0.25, 0.3) is 0 Å². The predicted octanol–water partition coefficient (Wildman–Crippen LogP) is 1.30. The third kappa shape index (κ3) is 6.63. The van der Waals surface area contributed by atoms with E-state index in [1.165, 1.54) is 13.8 Å². The van der Waals surface area contributed by atoms with E-state index in [-0.39, 0.29) is 6.42 Å². The van der Waals surface area contributed by atoms with Crippen molar-refractivity contribution in [3.63, 3.8) is 0 Å². The molecule has 2 heterocycles. The predicted molar refractivity (Wildman–Crippen MR) is 124 cm³/mol. The summed E-state index contributed by atoms with van der Waals surface area (Å²) in [5.41, 5.74) is -0.0392. The average molecular weight is 464 g/mol. The Morgan fingerprint density at radius 1 is 1.15 bits per heavy atom. The Labute approximate surface area is 195 Å². The number of aliphatic hydroxyl groups excluding tert-OH is 4. The lowest BCUT2D eigenvalue weighted by Crippen LogP contribution is -2.63. The van der Waals surface area contributed by atoms with E-state index in [1.54, 1.807) is 44.2 Å². The number of ether oxygens (including phenoxy) is 1. The smallest absolute Gasteiger partial charge is 0.317 e. The van der Waals surface area contributed by atoms with Gasteiger partial charge in [-0.3, -0.25) is 9.59 Å². The van der Waals surface area contributed by atoms with E-state index >= 15 is 0 Å². The summed E-state index contributed by atoms with van der Waals surface area (Å²) in [6.07, 6.45) is 5.62. The van der Waals surface area contributed by atoms with Crippen molar-refractivity contribution >= 4 is 11.9 Å². The zero-order valence-electron chi connectivity index (χ0n) is 19.9. The minimum Gasteiger partial charge on any atom is -0.461 e. The van der Waals surface area contributed by atoms with E-state index in [9.17, 15) is 30.0 Å². The van der Waals surface area contributed by atoms with Crippen LogP contribution in [0.3, 0.4) is 0 Å². The maximum absolute atomic E-state index is 13.2. The second-order valence-electron chi connectivity index (χ2n) is 9.38. The number of carbonyl (C=O) groups is 2. The summed E-state index contributed by atoms with van der Waals surface area (Å²) in [7, 11) is 0. The highest BCUT2D eigenvalue weighted by atomic mass is 16.6. The van der Waals surface area contributed by atoms with E-state index in [4.69, 9.17) is 4.74 Å². The number of carbonyl (C=O) groups excluding carboxylic acids is 2.